The maximum Gasteiger partial charge on any atom is 0.194 e. The number of guanidine groups is 1. The van der Waals surface area contributed by atoms with Crippen molar-refractivity contribution in [2.24, 2.45) is 10.9 Å². The smallest absolute Gasteiger partial charge is 0.194 e. The third-order valence-corrected chi connectivity index (χ3v) is 5.35. The van der Waals surface area contributed by atoms with Crippen LogP contribution in [0.3, 0.4) is 0 Å². The molecule has 0 aliphatic carbocycles. The summed E-state index contributed by atoms with van der Waals surface area (Å²) in [6.45, 7) is 10.6. The molecule has 3 rings (SSSR count). The molecule has 2 aliphatic heterocycles. The van der Waals surface area contributed by atoms with Gasteiger partial charge in [0.2, 0.25) is 0 Å². The van der Waals surface area contributed by atoms with Crippen LogP contribution >= 0.6 is 0 Å². The molecule has 150 valence electrons. The fraction of sp³-hybridized carbons (Fsp3) is 0.682. The molecule has 1 atom stereocenters. The largest absolute Gasteiger partial charge is 0.381 e. The van der Waals surface area contributed by atoms with Crippen LogP contribution in [0.1, 0.15) is 50.7 Å². The zero-order chi connectivity index (χ0) is 18.9. The molecular formula is C22H35N3O2. The Morgan fingerprint density at radius 2 is 2.07 bits per heavy atom. The van der Waals surface area contributed by atoms with Gasteiger partial charge in [-0.05, 0) is 49.7 Å². The number of likely N-dealkylation sites (tertiary alicyclic amines) is 1. The van der Waals surface area contributed by atoms with Gasteiger partial charge < -0.3 is 19.7 Å². The summed E-state index contributed by atoms with van der Waals surface area (Å²) in [5, 5.41) is 3.47. The SMILES string of the molecule is CCNC(=NCc1cccc(COC2CCOCC2)c1)N1CCCC(C)C1. The standard InChI is InChI=1S/C22H35N3O2/c1-3-23-22(25-11-5-6-18(2)16-25)24-15-19-7-4-8-20(14-19)17-27-21-9-12-26-13-10-21/h4,7-8,14,18,21H,3,5-6,9-13,15-17H2,1-2H3,(H,23,24). The number of benzene rings is 1. The fourth-order valence-corrected chi connectivity index (χ4v) is 3.85. The van der Waals surface area contributed by atoms with Crippen molar-refractivity contribution in [3.63, 3.8) is 0 Å². The second-order valence-electron chi connectivity index (χ2n) is 7.81. The van der Waals surface area contributed by atoms with E-state index in [1.807, 2.05) is 0 Å². The first kappa shape index (κ1) is 20.2. The van der Waals surface area contributed by atoms with Crippen molar-refractivity contribution >= 4 is 5.96 Å². The quantitative estimate of drug-likeness (QED) is 0.612. The topological polar surface area (TPSA) is 46.1 Å². The molecular weight excluding hydrogens is 338 g/mol. The predicted octanol–water partition coefficient (Wildman–Crippen LogP) is 3.58. The Morgan fingerprint density at radius 1 is 1.26 bits per heavy atom. The van der Waals surface area contributed by atoms with Crippen molar-refractivity contribution in [1.82, 2.24) is 10.2 Å². The van der Waals surface area contributed by atoms with Crippen LogP contribution < -0.4 is 5.32 Å². The number of aliphatic imine (C=N–C) groups is 1. The van der Waals surface area contributed by atoms with Gasteiger partial charge in [0.25, 0.3) is 0 Å². The molecule has 5 nitrogen and oxygen atoms in total. The molecule has 2 aliphatic rings. The van der Waals surface area contributed by atoms with Gasteiger partial charge in [0, 0.05) is 32.8 Å². The normalized spacial score (nSPS) is 22.1. The van der Waals surface area contributed by atoms with Crippen LogP contribution in [0.4, 0.5) is 0 Å². The van der Waals surface area contributed by atoms with E-state index in [1.165, 1.54) is 24.0 Å². The highest BCUT2D eigenvalue weighted by atomic mass is 16.5. The summed E-state index contributed by atoms with van der Waals surface area (Å²) in [6, 6.07) is 8.64. The molecule has 27 heavy (non-hydrogen) atoms. The summed E-state index contributed by atoms with van der Waals surface area (Å²) in [4.78, 5) is 7.32. The number of nitrogens with one attached hydrogen (secondary N) is 1. The number of rotatable bonds is 6. The van der Waals surface area contributed by atoms with Crippen molar-refractivity contribution in [2.45, 2.75) is 58.8 Å². The van der Waals surface area contributed by atoms with Crippen LogP contribution in [0, 0.1) is 5.92 Å². The number of hydrogen-bond acceptors (Lipinski definition) is 3. The maximum absolute atomic E-state index is 6.06. The van der Waals surface area contributed by atoms with E-state index in [0.29, 0.717) is 19.3 Å². The lowest BCUT2D eigenvalue weighted by Gasteiger charge is -2.33. The fourth-order valence-electron chi connectivity index (χ4n) is 3.85. The summed E-state index contributed by atoms with van der Waals surface area (Å²) >= 11 is 0. The second kappa shape index (κ2) is 10.7. The first-order valence-electron chi connectivity index (χ1n) is 10.5. The summed E-state index contributed by atoms with van der Waals surface area (Å²) in [7, 11) is 0. The lowest BCUT2D eigenvalue weighted by molar-refractivity contribution is -0.0390. The molecule has 2 saturated heterocycles. The van der Waals surface area contributed by atoms with E-state index < -0.39 is 0 Å². The highest BCUT2D eigenvalue weighted by Crippen LogP contribution is 2.17. The van der Waals surface area contributed by atoms with E-state index in [-0.39, 0.29) is 0 Å². The van der Waals surface area contributed by atoms with Crippen molar-refractivity contribution in [2.75, 3.05) is 32.8 Å². The van der Waals surface area contributed by atoms with Crippen molar-refractivity contribution in [3.8, 4) is 0 Å². The highest BCUT2D eigenvalue weighted by Gasteiger charge is 2.19. The Labute approximate surface area is 164 Å². The number of hydrogen-bond donors (Lipinski definition) is 1. The minimum Gasteiger partial charge on any atom is -0.381 e. The Morgan fingerprint density at radius 3 is 2.85 bits per heavy atom. The summed E-state index contributed by atoms with van der Waals surface area (Å²) in [6.07, 6.45) is 4.92. The van der Waals surface area contributed by atoms with Crippen molar-refractivity contribution in [1.29, 1.82) is 0 Å². The third kappa shape index (κ3) is 6.51. The number of nitrogens with zero attached hydrogens (tertiary/aromatic N) is 2. The van der Waals surface area contributed by atoms with Crippen LogP contribution in [-0.4, -0.2) is 49.8 Å². The van der Waals surface area contributed by atoms with Crippen LogP contribution in [0.25, 0.3) is 0 Å². The third-order valence-electron chi connectivity index (χ3n) is 5.35. The van der Waals surface area contributed by atoms with Crippen molar-refractivity contribution in [3.05, 3.63) is 35.4 Å². The zero-order valence-corrected chi connectivity index (χ0v) is 17.0. The number of ether oxygens (including phenoxy) is 2. The van der Waals surface area contributed by atoms with Crippen molar-refractivity contribution < 1.29 is 9.47 Å². The van der Waals surface area contributed by atoms with Gasteiger partial charge in [-0.25, -0.2) is 4.99 Å². The molecule has 1 N–H and O–H groups in total. The first-order chi connectivity index (χ1) is 13.2. The minimum absolute atomic E-state index is 0.335. The molecule has 0 bridgehead atoms. The lowest BCUT2D eigenvalue weighted by atomic mass is 10.0. The Bertz CT molecular complexity index is 599. The second-order valence-corrected chi connectivity index (χ2v) is 7.81. The average molecular weight is 374 g/mol. The molecule has 1 aromatic carbocycles. The Balaban J connectivity index is 1.57. The number of piperidine rings is 1. The van der Waals surface area contributed by atoms with Gasteiger partial charge in [0.15, 0.2) is 5.96 Å². The molecule has 2 fully saturated rings. The molecule has 5 heteroatoms. The molecule has 0 saturated carbocycles. The van der Waals surface area contributed by atoms with E-state index in [0.717, 1.165) is 57.6 Å². The molecule has 0 spiro atoms. The Hall–Kier alpha value is -1.59. The lowest BCUT2D eigenvalue weighted by Crippen LogP contribution is -2.46. The van der Waals surface area contributed by atoms with Gasteiger partial charge >= 0.3 is 0 Å². The van der Waals surface area contributed by atoms with E-state index in [1.54, 1.807) is 0 Å². The van der Waals surface area contributed by atoms with Gasteiger partial charge in [-0.3, -0.25) is 0 Å². The van der Waals surface area contributed by atoms with E-state index >= 15 is 0 Å². The molecule has 0 aromatic heterocycles. The van der Waals surface area contributed by atoms with E-state index in [9.17, 15) is 0 Å². The monoisotopic (exact) mass is 373 g/mol. The van der Waals surface area contributed by atoms with Crippen LogP contribution in [-0.2, 0) is 22.6 Å². The molecule has 0 amide bonds. The van der Waals surface area contributed by atoms with Crippen LogP contribution in [0.5, 0.6) is 0 Å². The predicted molar refractivity (Wildman–Crippen MR) is 110 cm³/mol. The maximum atomic E-state index is 6.06. The van der Waals surface area contributed by atoms with Crippen LogP contribution in [0.2, 0.25) is 0 Å². The first-order valence-corrected chi connectivity index (χ1v) is 10.5. The van der Waals surface area contributed by atoms with Gasteiger partial charge in [-0.15, -0.1) is 0 Å². The van der Waals surface area contributed by atoms with Gasteiger partial charge in [-0.2, -0.15) is 0 Å². The van der Waals surface area contributed by atoms with E-state index in [2.05, 4.69) is 48.3 Å². The molecule has 1 unspecified atom stereocenters. The molecule has 1 aromatic rings. The van der Waals surface area contributed by atoms with E-state index in [4.69, 9.17) is 14.5 Å². The Kier molecular flexibility index (Phi) is 7.96. The van der Waals surface area contributed by atoms with Gasteiger partial charge in [-0.1, -0.05) is 31.2 Å². The van der Waals surface area contributed by atoms with Gasteiger partial charge in [0.1, 0.15) is 0 Å². The van der Waals surface area contributed by atoms with Gasteiger partial charge in [0.05, 0.1) is 19.3 Å². The molecule has 2 heterocycles. The highest BCUT2D eigenvalue weighted by molar-refractivity contribution is 5.80. The average Bonchev–Trinajstić information content (AvgIpc) is 2.71. The summed E-state index contributed by atoms with van der Waals surface area (Å²) in [5.41, 5.74) is 2.47. The minimum atomic E-state index is 0.335. The molecule has 0 radical (unpaired) electrons. The zero-order valence-electron chi connectivity index (χ0n) is 17.0. The summed E-state index contributed by atoms with van der Waals surface area (Å²) < 4.78 is 11.5. The van der Waals surface area contributed by atoms with Crippen LogP contribution in [0.15, 0.2) is 29.3 Å². The summed E-state index contributed by atoms with van der Waals surface area (Å²) in [5.74, 6) is 1.79.